The second-order valence-corrected chi connectivity index (χ2v) is 9.93. The highest BCUT2D eigenvalue weighted by atomic mass is 16.5. The Hall–Kier alpha value is -2.91. The molecule has 9 nitrogen and oxygen atoms in total. The molecular formula is C28H43N5O4. The molecule has 0 amide bonds. The highest BCUT2D eigenvalue weighted by Gasteiger charge is 2.17. The maximum atomic E-state index is 12.3. The zero-order valence-corrected chi connectivity index (χ0v) is 22.3. The third-order valence-electron chi connectivity index (χ3n) is 6.88. The molecule has 9 heteroatoms. The van der Waals surface area contributed by atoms with Crippen molar-refractivity contribution in [3.63, 3.8) is 0 Å². The number of carbonyl (C=O) groups is 1. The van der Waals surface area contributed by atoms with E-state index in [1.54, 1.807) is 6.07 Å². The summed E-state index contributed by atoms with van der Waals surface area (Å²) in [6.07, 6.45) is 7.46. The Labute approximate surface area is 220 Å². The van der Waals surface area contributed by atoms with Crippen molar-refractivity contribution in [2.45, 2.75) is 77.7 Å². The van der Waals surface area contributed by atoms with Crippen molar-refractivity contribution in [2.24, 2.45) is 0 Å². The maximum absolute atomic E-state index is 12.3. The zero-order valence-electron chi connectivity index (χ0n) is 22.3. The fraction of sp³-hybridized carbons (Fsp3) is 0.607. The summed E-state index contributed by atoms with van der Waals surface area (Å²) < 4.78 is 5.40. The van der Waals surface area contributed by atoms with Crippen molar-refractivity contribution in [2.75, 3.05) is 43.9 Å². The molecule has 1 aromatic heterocycles. The van der Waals surface area contributed by atoms with E-state index in [2.05, 4.69) is 27.1 Å². The monoisotopic (exact) mass is 513 g/mol. The highest BCUT2D eigenvalue weighted by Crippen LogP contribution is 2.28. The Morgan fingerprint density at radius 1 is 1.22 bits per heavy atom. The average molecular weight is 514 g/mol. The van der Waals surface area contributed by atoms with Gasteiger partial charge < -0.3 is 30.9 Å². The van der Waals surface area contributed by atoms with Gasteiger partial charge in [-0.3, -0.25) is 4.79 Å². The standard InChI is InChI=1S/C28H43N5O4/c1-3-8-23(11-15-34)31-27-24(20(2)30-28(29)32-27)19-22-10-9-21(17-25(22)35)18-26(36)37-16-7-6-14-33-12-4-5-13-33/h9-10,17,23,34-35H,3-8,11-16,18-19H2,1-2H3,(H3,29,30,31,32). The average Bonchev–Trinajstić information content (AvgIpc) is 3.36. The number of aromatic nitrogens is 2. The van der Waals surface area contributed by atoms with Gasteiger partial charge in [-0.1, -0.05) is 25.5 Å². The Kier molecular flexibility index (Phi) is 11.4. The summed E-state index contributed by atoms with van der Waals surface area (Å²) in [5.41, 5.74) is 8.89. The number of hydrogen-bond acceptors (Lipinski definition) is 9. The third kappa shape index (κ3) is 9.16. The first-order chi connectivity index (χ1) is 17.9. The molecule has 0 spiro atoms. The van der Waals surface area contributed by atoms with Gasteiger partial charge in [0.2, 0.25) is 5.95 Å². The lowest BCUT2D eigenvalue weighted by Gasteiger charge is -2.21. The van der Waals surface area contributed by atoms with Gasteiger partial charge in [0.1, 0.15) is 11.6 Å². The molecule has 0 aliphatic carbocycles. The quantitative estimate of drug-likeness (QED) is 0.208. The molecule has 3 rings (SSSR count). The van der Waals surface area contributed by atoms with Crippen molar-refractivity contribution >= 4 is 17.7 Å². The second-order valence-electron chi connectivity index (χ2n) is 9.93. The lowest BCUT2D eigenvalue weighted by atomic mass is 10.00. The first-order valence-electron chi connectivity index (χ1n) is 13.6. The van der Waals surface area contributed by atoms with E-state index >= 15 is 0 Å². The topological polar surface area (TPSA) is 134 Å². The van der Waals surface area contributed by atoms with E-state index in [4.69, 9.17) is 10.5 Å². The number of aromatic hydroxyl groups is 1. The van der Waals surface area contributed by atoms with Crippen molar-refractivity contribution in [3.8, 4) is 5.75 Å². The smallest absolute Gasteiger partial charge is 0.310 e. The summed E-state index contributed by atoms with van der Waals surface area (Å²) in [6, 6.07) is 5.35. The largest absolute Gasteiger partial charge is 0.508 e. The van der Waals surface area contributed by atoms with Gasteiger partial charge in [-0.15, -0.1) is 0 Å². The van der Waals surface area contributed by atoms with Crippen LogP contribution in [0.25, 0.3) is 0 Å². The van der Waals surface area contributed by atoms with Crippen molar-refractivity contribution in [3.05, 3.63) is 40.6 Å². The van der Waals surface area contributed by atoms with Gasteiger partial charge >= 0.3 is 5.97 Å². The number of nitrogens with one attached hydrogen (secondary N) is 1. The summed E-state index contributed by atoms with van der Waals surface area (Å²) in [5, 5.41) is 23.6. The van der Waals surface area contributed by atoms with Crippen LogP contribution in [0.2, 0.25) is 0 Å². The van der Waals surface area contributed by atoms with Crippen LogP contribution in [0, 0.1) is 6.92 Å². The molecular weight excluding hydrogens is 470 g/mol. The number of hydrogen-bond donors (Lipinski definition) is 4. The van der Waals surface area contributed by atoms with E-state index in [1.165, 1.54) is 25.9 Å². The molecule has 204 valence electrons. The van der Waals surface area contributed by atoms with Gasteiger partial charge in [0.25, 0.3) is 0 Å². The fourth-order valence-corrected chi connectivity index (χ4v) is 4.84. The number of ether oxygens (including phenoxy) is 1. The molecule has 2 heterocycles. The molecule has 1 aliphatic rings. The minimum Gasteiger partial charge on any atom is -0.508 e. The van der Waals surface area contributed by atoms with Crippen LogP contribution < -0.4 is 11.1 Å². The van der Waals surface area contributed by atoms with E-state index in [0.717, 1.165) is 43.5 Å². The number of aliphatic hydroxyl groups excluding tert-OH is 1. The second kappa shape index (κ2) is 14.7. The van der Waals surface area contributed by atoms with E-state index in [0.29, 0.717) is 36.4 Å². The van der Waals surface area contributed by atoms with Crippen LogP contribution in [-0.4, -0.2) is 69.9 Å². The molecule has 1 fully saturated rings. The molecule has 1 aliphatic heterocycles. The molecule has 0 radical (unpaired) electrons. The first kappa shape index (κ1) is 28.7. The number of nitrogens with zero attached hydrogens (tertiary/aromatic N) is 3. The van der Waals surface area contributed by atoms with Crippen LogP contribution in [-0.2, 0) is 22.4 Å². The molecule has 37 heavy (non-hydrogen) atoms. The number of likely N-dealkylation sites (tertiary alicyclic amines) is 1. The van der Waals surface area contributed by atoms with Gasteiger partial charge in [-0.25, -0.2) is 4.98 Å². The van der Waals surface area contributed by atoms with Gasteiger partial charge in [0.05, 0.1) is 13.0 Å². The summed E-state index contributed by atoms with van der Waals surface area (Å²) in [6.45, 7) is 7.91. The molecule has 0 bridgehead atoms. The van der Waals surface area contributed by atoms with Crippen molar-refractivity contribution in [1.82, 2.24) is 14.9 Å². The Morgan fingerprint density at radius 2 is 2.00 bits per heavy atom. The van der Waals surface area contributed by atoms with Crippen molar-refractivity contribution in [1.29, 1.82) is 0 Å². The summed E-state index contributed by atoms with van der Waals surface area (Å²) >= 11 is 0. The fourth-order valence-electron chi connectivity index (χ4n) is 4.84. The number of esters is 1. The Morgan fingerprint density at radius 3 is 2.70 bits per heavy atom. The number of carbonyl (C=O) groups excluding carboxylic acids is 1. The predicted molar refractivity (Wildman–Crippen MR) is 146 cm³/mol. The molecule has 1 atom stereocenters. The summed E-state index contributed by atoms with van der Waals surface area (Å²) in [7, 11) is 0. The van der Waals surface area contributed by atoms with Crippen LogP contribution in [0.3, 0.4) is 0 Å². The molecule has 1 aromatic carbocycles. The van der Waals surface area contributed by atoms with Gasteiger partial charge in [0.15, 0.2) is 0 Å². The summed E-state index contributed by atoms with van der Waals surface area (Å²) in [4.78, 5) is 23.5. The van der Waals surface area contributed by atoms with Crippen LogP contribution in [0.1, 0.15) is 74.3 Å². The molecule has 1 unspecified atom stereocenters. The summed E-state index contributed by atoms with van der Waals surface area (Å²) in [5.74, 6) is 0.623. The number of benzene rings is 1. The Bertz CT molecular complexity index is 1000. The van der Waals surface area contributed by atoms with E-state index in [-0.39, 0.29) is 36.7 Å². The predicted octanol–water partition coefficient (Wildman–Crippen LogP) is 3.59. The molecule has 1 saturated heterocycles. The zero-order chi connectivity index (χ0) is 26.6. The van der Waals surface area contributed by atoms with E-state index in [1.807, 2.05) is 19.1 Å². The number of rotatable bonds is 15. The van der Waals surface area contributed by atoms with E-state index in [9.17, 15) is 15.0 Å². The first-order valence-corrected chi connectivity index (χ1v) is 13.6. The van der Waals surface area contributed by atoms with Crippen LogP contribution in [0.15, 0.2) is 18.2 Å². The number of nitrogen functional groups attached to an aromatic ring is 1. The van der Waals surface area contributed by atoms with Crippen LogP contribution >= 0.6 is 0 Å². The van der Waals surface area contributed by atoms with Crippen LogP contribution in [0.5, 0.6) is 5.75 Å². The number of aryl methyl sites for hydroxylation is 1. The van der Waals surface area contributed by atoms with Gasteiger partial charge in [0, 0.05) is 30.3 Å². The number of unbranched alkanes of at least 4 members (excludes halogenated alkanes) is 1. The van der Waals surface area contributed by atoms with Gasteiger partial charge in [-0.05, 0) is 82.3 Å². The Balaban J connectivity index is 1.57. The maximum Gasteiger partial charge on any atom is 0.310 e. The van der Waals surface area contributed by atoms with Crippen LogP contribution in [0.4, 0.5) is 11.8 Å². The molecule has 0 saturated carbocycles. The number of phenols is 1. The SMILES string of the molecule is CCCC(CCO)Nc1nc(N)nc(C)c1Cc1ccc(CC(=O)OCCCCN2CCCC2)cc1O. The lowest BCUT2D eigenvalue weighted by Crippen LogP contribution is -2.23. The van der Waals surface area contributed by atoms with Crippen molar-refractivity contribution < 1.29 is 19.7 Å². The third-order valence-corrected chi connectivity index (χ3v) is 6.88. The molecule has 2 aromatic rings. The minimum atomic E-state index is -0.284. The lowest BCUT2D eigenvalue weighted by molar-refractivity contribution is -0.142. The number of aliphatic hydroxyl groups is 1. The van der Waals surface area contributed by atoms with Gasteiger partial charge in [-0.2, -0.15) is 4.98 Å². The normalized spacial score (nSPS) is 14.6. The number of phenolic OH excluding ortho intramolecular Hbond substituents is 1. The molecule has 5 N–H and O–H groups in total. The highest BCUT2D eigenvalue weighted by molar-refractivity contribution is 5.72. The number of anilines is 2. The van der Waals surface area contributed by atoms with E-state index < -0.39 is 0 Å². The number of nitrogens with two attached hydrogens (primary N) is 1. The minimum absolute atomic E-state index is 0.0599.